The van der Waals surface area contributed by atoms with Gasteiger partial charge in [-0.1, -0.05) is 12.2 Å². The second-order valence-corrected chi connectivity index (χ2v) is 4.67. The number of hydrogen-bond donors (Lipinski definition) is 1. The molecule has 6 heteroatoms. The Kier molecular flexibility index (Phi) is 3.62. The van der Waals surface area contributed by atoms with Gasteiger partial charge in [0.15, 0.2) is 0 Å². The summed E-state index contributed by atoms with van der Waals surface area (Å²) in [5, 5.41) is 0. The fourth-order valence-electron chi connectivity index (χ4n) is 1.72. The van der Waals surface area contributed by atoms with Crippen molar-refractivity contribution in [2.75, 3.05) is 14.1 Å². The standard InChI is InChI=1S/C13H14N4OS/c1-16(2)13(18)10-8-9(5-6-15-10)17-7-3-4-11(17)12(14)19/h3-8H,1-2H3,(H2,14,19). The van der Waals surface area contributed by atoms with E-state index in [0.29, 0.717) is 10.7 Å². The van der Waals surface area contributed by atoms with Crippen molar-refractivity contribution < 1.29 is 4.79 Å². The Morgan fingerprint density at radius 2 is 2.16 bits per heavy atom. The highest BCUT2D eigenvalue weighted by Gasteiger charge is 2.12. The molecule has 2 heterocycles. The van der Waals surface area contributed by atoms with Gasteiger partial charge in [0, 0.05) is 32.2 Å². The highest BCUT2D eigenvalue weighted by atomic mass is 32.1. The third-order valence-corrected chi connectivity index (χ3v) is 2.86. The van der Waals surface area contributed by atoms with E-state index in [-0.39, 0.29) is 5.91 Å². The largest absolute Gasteiger partial charge is 0.388 e. The summed E-state index contributed by atoms with van der Waals surface area (Å²) in [7, 11) is 3.37. The molecule has 2 aromatic heterocycles. The van der Waals surface area contributed by atoms with Crippen molar-refractivity contribution in [2.24, 2.45) is 5.73 Å². The van der Waals surface area contributed by atoms with E-state index >= 15 is 0 Å². The molecule has 0 aliphatic carbocycles. The van der Waals surface area contributed by atoms with Crippen LogP contribution in [0.5, 0.6) is 0 Å². The Bertz CT molecular complexity index is 633. The fraction of sp³-hybridized carbons (Fsp3) is 0.154. The zero-order valence-electron chi connectivity index (χ0n) is 10.7. The molecule has 0 unspecified atom stereocenters. The van der Waals surface area contributed by atoms with E-state index in [2.05, 4.69) is 4.98 Å². The molecular weight excluding hydrogens is 260 g/mol. The van der Waals surface area contributed by atoms with Crippen LogP contribution >= 0.6 is 12.2 Å². The number of thiocarbonyl (C=S) groups is 1. The summed E-state index contributed by atoms with van der Waals surface area (Å²) in [5.74, 6) is -0.147. The molecule has 0 atom stereocenters. The fourth-order valence-corrected chi connectivity index (χ4v) is 1.89. The molecule has 98 valence electrons. The number of pyridine rings is 1. The summed E-state index contributed by atoms with van der Waals surface area (Å²) < 4.78 is 1.83. The van der Waals surface area contributed by atoms with E-state index < -0.39 is 0 Å². The van der Waals surface area contributed by atoms with Crippen LogP contribution in [0.2, 0.25) is 0 Å². The number of amides is 1. The van der Waals surface area contributed by atoms with Crippen molar-refractivity contribution in [2.45, 2.75) is 0 Å². The first-order chi connectivity index (χ1) is 9.00. The molecule has 1 amide bonds. The first kappa shape index (κ1) is 13.2. The molecule has 0 aromatic carbocycles. The van der Waals surface area contributed by atoms with E-state index in [1.807, 2.05) is 22.9 Å². The second-order valence-electron chi connectivity index (χ2n) is 4.23. The highest BCUT2D eigenvalue weighted by molar-refractivity contribution is 7.80. The monoisotopic (exact) mass is 274 g/mol. The van der Waals surface area contributed by atoms with E-state index in [1.165, 1.54) is 4.90 Å². The van der Waals surface area contributed by atoms with Gasteiger partial charge in [-0.05, 0) is 24.3 Å². The van der Waals surface area contributed by atoms with Crippen molar-refractivity contribution in [1.82, 2.24) is 14.5 Å². The van der Waals surface area contributed by atoms with E-state index in [1.54, 1.807) is 32.4 Å². The molecule has 0 spiro atoms. The zero-order chi connectivity index (χ0) is 14.0. The Balaban J connectivity index is 2.46. The maximum Gasteiger partial charge on any atom is 0.272 e. The molecular formula is C13H14N4OS. The van der Waals surface area contributed by atoms with Gasteiger partial charge in [0.1, 0.15) is 10.7 Å². The van der Waals surface area contributed by atoms with Crippen molar-refractivity contribution in [1.29, 1.82) is 0 Å². The van der Waals surface area contributed by atoms with Crippen molar-refractivity contribution in [3.63, 3.8) is 0 Å². The van der Waals surface area contributed by atoms with E-state index in [4.69, 9.17) is 18.0 Å². The molecule has 0 saturated heterocycles. The Morgan fingerprint density at radius 3 is 2.79 bits per heavy atom. The molecule has 5 nitrogen and oxygen atoms in total. The van der Waals surface area contributed by atoms with Crippen LogP contribution in [0, 0.1) is 0 Å². The summed E-state index contributed by atoms with van der Waals surface area (Å²) in [6, 6.07) is 7.19. The second kappa shape index (κ2) is 5.19. The molecule has 0 aliphatic rings. The van der Waals surface area contributed by atoms with Gasteiger partial charge in [0.2, 0.25) is 0 Å². The lowest BCUT2D eigenvalue weighted by molar-refractivity contribution is 0.0822. The lowest BCUT2D eigenvalue weighted by Crippen LogP contribution is -2.23. The third-order valence-electron chi connectivity index (χ3n) is 2.65. The number of nitrogens with two attached hydrogens (primary N) is 1. The lowest BCUT2D eigenvalue weighted by Gasteiger charge is -2.12. The topological polar surface area (TPSA) is 64.2 Å². The predicted molar refractivity (Wildman–Crippen MR) is 77.5 cm³/mol. The van der Waals surface area contributed by atoms with Crippen molar-refractivity contribution in [3.8, 4) is 5.69 Å². The lowest BCUT2D eigenvalue weighted by atomic mass is 10.3. The van der Waals surface area contributed by atoms with Crippen LogP contribution in [-0.4, -0.2) is 39.4 Å². The van der Waals surface area contributed by atoms with Gasteiger partial charge in [-0.25, -0.2) is 0 Å². The van der Waals surface area contributed by atoms with Crippen LogP contribution in [-0.2, 0) is 0 Å². The van der Waals surface area contributed by atoms with Gasteiger partial charge in [-0.15, -0.1) is 0 Å². The van der Waals surface area contributed by atoms with E-state index in [0.717, 1.165) is 11.4 Å². The minimum absolute atomic E-state index is 0.147. The van der Waals surface area contributed by atoms with Crippen LogP contribution in [0.25, 0.3) is 5.69 Å². The molecule has 0 radical (unpaired) electrons. The molecule has 0 bridgehead atoms. The van der Waals surface area contributed by atoms with Crippen molar-refractivity contribution >= 4 is 23.1 Å². The van der Waals surface area contributed by atoms with Gasteiger partial charge >= 0.3 is 0 Å². The normalized spacial score (nSPS) is 10.2. The number of rotatable bonds is 3. The van der Waals surface area contributed by atoms with Crippen LogP contribution in [0.1, 0.15) is 16.2 Å². The molecule has 0 aliphatic heterocycles. The summed E-state index contributed by atoms with van der Waals surface area (Å²) in [4.78, 5) is 17.8. The minimum Gasteiger partial charge on any atom is -0.388 e. The zero-order valence-corrected chi connectivity index (χ0v) is 11.5. The highest BCUT2D eigenvalue weighted by Crippen LogP contribution is 2.14. The molecule has 0 fully saturated rings. The summed E-state index contributed by atoms with van der Waals surface area (Å²) in [6.07, 6.45) is 3.43. The molecule has 0 saturated carbocycles. The SMILES string of the molecule is CN(C)C(=O)c1cc(-n2cccc2C(N)=S)ccn1. The van der Waals surface area contributed by atoms with Gasteiger partial charge in [0.25, 0.3) is 5.91 Å². The van der Waals surface area contributed by atoms with E-state index in [9.17, 15) is 4.79 Å². The van der Waals surface area contributed by atoms with Gasteiger partial charge in [0.05, 0.1) is 5.69 Å². The Hall–Kier alpha value is -2.21. The summed E-state index contributed by atoms with van der Waals surface area (Å²) in [6.45, 7) is 0. The number of nitrogens with zero attached hydrogens (tertiary/aromatic N) is 3. The Labute approximate surface area is 116 Å². The molecule has 2 aromatic rings. The first-order valence-electron chi connectivity index (χ1n) is 5.66. The molecule has 2 rings (SSSR count). The number of aromatic nitrogens is 2. The number of hydrogen-bond acceptors (Lipinski definition) is 3. The van der Waals surface area contributed by atoms with Gasteiger partial charge < -0.3 is 15.2 Å². The van der Waals surface area contributed by atoms with Gasteiger partial charge in [-0.2, -0.15) is 0 Å². The van der Waals surface area contributed by atoms with Crippen LogP contribution in [0.3, 0.4) is 0 Å². The quantitative estimate of drug-likeness (QED) is 0.854. The predicted octanol–water partition coefficient (Wildman–Crippen LogP) is 1.21. The minimum atomic E-state index is -0.147. The average Bonchev–Trinajstić information content (AvgIpc) is 2.87. The van der Waals surface area contributed by atoms with Gasteiger partial charge in [-0.3, -0.25) is 9.78 Å². The number of carbonyl (C=O) groups is 1. The van der Waals surface area contributed by atoms with Crippen LogP contribution in [0.15, 0.2) is 36.7 Å². The smallest absolute Gasteiger partial charge is 0.272 e. The van der Waals surface area contributed by atoms with Crippen LogP contribution < -0.4 is 5.73 Å². The third kappa shape index (κ3) is 2.63. The maximum atomic E-state index is 11.9. The average molecular weight is 274 g/mol. The summed E-state index contributed by atoms with van der Waals surface area (Å²) in [5.41, 5.74) is 7.57. The Morgan fingerprint density at radius 1 is 1.42 bits per heavy atom. The summed E-state index contributed by atoms with van der Waals surface area (Å²) >= 11 is 5.00. The maximum absolute atomic E-state index is 11.9. The van der Waals surface area contributed by atoms with Crippen molar-refractivity contribution in [3.05, 3.63) is 48.0 Å². The van der Waals surface area contributed by atoms with Crippen LogP contribution in [0.4, 0.5) is 0 Å². The first-order valence-corrected chi connectivity index (χ1v) is 6.07. The molecule has 2 N–H and O–H groups in total. The number of carbonyl (C=O) groups excluding carboxylic acids is 1. The molecule has 19 heavy (non-hydrogen) atoms.